The number of unbranched alkanes of at least 4 members (excludes halogenated alkanes) is 15. The van der Waals surface area contributed by atoms with Gasteiger partial charge in [0.25, 0.3) is 0 Å². The largest absolute Gasteiger partial charge is 0.342 e. The molecule has 2 heteroatoms. The number of hydrogen-bond acceptors (Lipinski definition) is 1. The van der Waals surface area contributed by atoms with Gasteiger partial charge in [0.15, 0.2) is 0 Å². The summed E-state index contributed by atoms with van der Waals surface area (Å²) in [5.74, 6) is 0.531. The van der Waals surface area contributed by atoms with Crippen molar-refractivity contribution >= 4 is 6.41 Å². The fourth-order valence-corrected chi connectivity index (χ4v) is 4.25. The maximum absolute atomic E-state index is 11.0. The van der Waals surface area contributed by atoms with Gasteiger partial charge in [-0.1, -0.05) is 130 Å². The number of amides is 1. The predicted molar refractivity (Wildman–Crippen MR) is 125 cm³/mol. The molecular weight excluding hydrogens is 342 g/mol. The fraction of sp³-hybridized carbons (Fsp3) is 0.962. The molecule has 0 saturated carbocycles. The van der Waals surface area contributed by atoms with Gasteiger partial charge >= 0.3 is 6.41 Å². The summed E-state index contributed by atoms with van der Waals surface area (Å²) in [6, 6.07) is 0. The summed E-state index contributed by atoms with van der Waals surface area (Å²) in [6.45, 7) is 9.09. The van der Waals surface area contributed by atoms with Crippen LogP contribution in [0.25, 0.3) is 0 Å². The van der Waals surface area contributed by atoms with Crippen molar-refractivity contribution in [1.82, 2.24) is 5.32 Å². The topological polar surface area (TPSA) is 29.1 Å². The minimum Gasteiger partial charge on any atom is -0.342 e. The summed E-state index contributed by atoms with van der Waals surface area (Å²) in [4.78, 5) is 11.0. The predicted octanol–water partition coefficient (Wildman–Crippen LogP) is 8.49. The average Bonchev–Trinajstić information content (AvgIpc) is 2.68. The van der Waals surface area contributed by atoms with Crippen molar-refractivity contribution in [1.29, 1.82) is 0 Å². The lowest BCUT2D eigenvalue weighted by Crippen LogP contribution is -2.47. The van der Waals surface area contributed by atoms with Gasteiger partial charge in [0.05, 0.1) is 0 Å². The smallest absolute Gasteiger partial charge is 0.309 e. The molecule has 0 aliphatic heterocycles. The van der Waals surface area contributed by atoms with Crippen LogP contribution in [0.5, 0.6) is 0 Å². The number of hydrogen-bond donors (Lipinski definition) is 1. The Morgan fingerprint density at radius 1 is 0.679 bits per heavy atom. The zero-order valence-corrected chi connectivity index (χ0v) is 19.9. The summed E-state index contributed by atoms with van der Waals surface area (Å²) in [5, 5.41) is 3.04. The standard InChI is InChI=1S/C26H52NO/c1-5-7-9-11-13-14-15-16-17-18-20-22-25(3)26(4,27-24-28)23-21-19-12-10-8-6-2/h25H,5-23H2,1-4H3,(H,27,28). The third-order valence-electron chi connectivity index (χ3n) is 6.71. The van der Waals surface area contributed by atoms with E-state index in [1.54, 1.807) is 0 Å². The first-order chi connectivity index (χ1) is 13.6. The molecule has 0 aliphatic rings. The Bertz CT molecular complexity index is 330. The second-order valence-electron chi connectivity index (χ2n) is 9.39. The zero-order chi connectivity index (χ0) is 20.9. The van der Waals surface area contributed by atoms with Gasteiger partial charge in [-0.15, -0.1) is 0 Å². The molecule has 0 saturated heterocycles. The second kappa shape index (κ2) is 19.8. The Labute approximate surface area is 178 Å². The monoisotopic (exact) mass is 394 g/mol. The van der Waals surface area contributed by atoms with E-state index in [2.05, 4.69) is 33.0 Å². The van der Waals surface area contributed by atoms with Gasteiger partial charge < -0.3 is 5.32 Å². The van der Waals surface area contributed by atoms with Crippen LogP contribution in [0.15, 0.2) is 0 Å². The SMILES string of the molecule is CCCCCCCCCCCCCC(C)C(C)(CCCCCCCC)N[C]=O. The van der Waals surface area contributed by atoms with E-state index in [0.29, 0.717) is 5.92 Å². The maximum atomic E-state index is 11.0. The van der Waals surface area contributed by atoms with E-state index in [1.807, 2.05) is 6.41 Å². The third-order valence-corrected chi connectivity index (χ3v) is 6.71. The van der Waals surface area contributed by atoms with Gasteiger partial charge in [0.2, 0.25) is 0 Å². The Morgan fingerprint density at radius 3 is 1.50 bits per heavy atom. The Morgan fingerprint density at radius 2 is 1.07 bits per heavy atom. The molecule has 0 aromatic carbocycles. The summed E-state index contributed by atoms with van der Waals surface area (Å²) < 4.78 is 0. The molecule has 0 aliphatic carbocycles. The highest BCUT2D eigenvalue weighted by Gasteiger charge is 2.29. The molecule has 0 spiro atoms. The first-order valence-electron chi connectivity index (χ1n) is 12.7. The first-order valence-corrected chi connectivity index (χ1v) is 12.7. The molecule has 2 atom stereocenters. The van der Waals surface area contributed by atoms with Crippen LogP contribution in [0.3, 0.4) is 0 Å². The van der Waals surface area contributed by atoms with Gasteiger partial charge in [-0.05, 0) is 25.7 Å². The van der Waals surface area contributed by atoms with Gasteiger partial charge in [0, 0.05) is 5.54 Å². The Kier molecular flexibility index (Phi) is 19.4. The zero-order valence-electron chi connectivity index (χ0n) is 19.9. The van der Waals surface area contributed by atoms with Gasteiger partial charge in [-0.3, -0.25) is 4.79 Å². The average molecular weight is 395 g/mol. The number of rotatable bonds is 22. The van der Waals surface area contributed by atoms with Crippen LogP contribution in [0.1, 0.15) is 150 Å². The van der Waals surface area contributed by atoms with Gasteiger partial charge in [-0.2, -0.15) is 0 Å². The molecule has 167 valence electrons. The molecule has 1 amide bonds. The van der Waals surface area contributed by atoms with Gasteiger partial charge in [-0.25, -0.2) is 0 Å². The minimum absolute atomic E-state index is 0.0784. The summed E-state index contributed by atoms with van der Waals surface area (Å²) in [7, 11) is 0. The van der Waals surface area contributed by atoms with Crippen molar-refractivity contribution in [2.75, 3.05) is 0 Å². The van der Waals surface area contributed by atoms with Crippen molar-refractivity contribution in [3.63, 3.8) is 0 Å². The van der Waals surface area contributed by atoms with Crippen molar-refractivity contribution < 1.29 is 4.79 Å². The van der Waals surface area contributed by atoms with Crippen LogP contribution >= 0.6 is 0 Å². The van der Waals surface area contributed by atoms with Crippen molar-refractivity contribution in [3.05, 3.63) is 0 Å². The summed E-state index contributed by atoms with van der Waals surface area (Å²) >= 11 is 0. The van der Waals surface area contributed by atoms with Gasteiger partial charge in [0.1, 0.15) is 0 Å². The molecule has 0 fully saturated rings. The van der Waals surface area contributed by atoms with Crippen LogP contribution in [0.2, 0.25) is 0 Å². The molecule has 28 heavy (non-hydrogen) atoms. The second-order valence-corrected chi connectivity index (χ2v) is 9.39. The lowest BCUT2D eigenvalue weighted by atomic mass is 9.79. The minimum atomic E-state index is -0.0784. The molecule has 0 heterocycles. The van der Waals surface area contributed by atoms with E-state index < -0.39 is 0 Å². The Balaban J connectivity index is 3.79. The Hall–Kier alpha value is -0.530. The van der Waals surface area contributed by atoms with E-state index in [9.17, 15) is 4.79 Å². The summed E-state index contributed by atoms with van der Waals surface area (Å²) in [6.07, 6.45) is 27.5. The van der Waals surface area contributed by atoms with E-state index in [-0.39, 0.29) is 5.54 Å². The highest BCUT2D eigenvalue weighted by molar-refractivity contribution is 5.49. The van der Waals surface area contributed by atoms with Crippen LogP contribution in [-0.2, 0) is 4.79 Å². The van der Waals surface area contributed by atoms with Crippen LogP contribution in [0.4, 0.5) is 0 Å². The van der Waals surface area contributed by atoms with E-state index in [4.69, 9.17) is 0 Å². The normalized spacial score (nSPS) is 14.6. The lowest BCUT2D eigenvalue weighted by molar-refractivity contribution is 0.234. The van der Waals surface area contributed by atoms with Crippen molar-refractivity contribution in [2.24, 2.45) is 5.92 Å². The fourth-order valence-electron chi connectivity index (χ4n) is 4.25. The van der Waals surface area contributed by atoms with E-state index in [1.165, 1.54) is 116 Å². The van der Waals surface area contributed by atoms with Crippen molar-refractivity contribution in [2.45, 2.75) is 155 Å². The van der Waals surface area contributed by atoms with E-state index in [0.717, 1.165) is 6.42 Å². The molecule has 1 N–H and O–H groups in total. The quantitative estimate of drug-likeness (QED) is 0.145. The molecule has 2 nitrogen and oxygen atoms in total. The molecule has 0 rings (SSSR count). The van der Waals surface area contributed by atoms with Crippen molar-refractivity contribution in [3.8, 4) is 0 Å². The third kappa shape index (κ3) is 15.4. The van der Waals surface area contributed by atoms with Crippen LogP contribution < -0.4 is 5.32 Å². The molecule has 0 aromatic rings. The van der Waals surface area contributed by atoms with Crippen LogP contribution in [0, 0.1) is 5.92 Å². The highest BCUT2D eigenvalue weighted by atomic mass is 16.1. The van der Waals surface area contributed by atoms with Crippen LogP contribution in [-0.4, -0.2) is 11.9 Å². The molecule has 0 bridgehead atoms. The maximum Gasteiger partial charge on any atom is 0.309 e. The lowest BCUT2D eigenvalue weighted by Gasteiger charge is -2.35. The molecule has 2 unspecified atom stereocenters. The molecule has 0 aromatic heterocycles. The molecule has 1 radical (unpaired) electrons. The van der Waals surface area contributed by atoms with E-state index >= 15 is 0 Å². The first kappa shape index (κ1) is 27.5. The number of nitrogens with one attached hydrogen (secondary N) is 1. The highest BCUT2D eigenvalue weighted by Crippen LogP contribution is 2.28. The number of carbonyl (C=O) groups excluding carboxylic acids is 1. The summed E-state index contributed by atoms with van der Waals surface area (Å²) in [5.41, 5.74) is -0.0784. The molecular formula is C26H52NO.